The van der Waals surface area contributed by atoms with Gasteiger partial charge in [-0.15, -0.1) is 0 Å². The summed E-state index contributed by atoms with van der Waals surface area (Å²) >= 11 is 0. The molecule has 1 saturated carbocycles. The lowest BCUT2D eigenvalue weighted by atomic mass is 9.92. The standard InChI is InChI=1S/C18H26N2O3S/c21-18(20-16-8-2-1-3-9-16)13-19-24(22,23)17-11-10-14-6-4-5-7-15(14)12-17/h10-12,16,19H,1-9,13H2,(H,20,21). The minimum Gasteiger partial charge on any atom is -0.352 e. The molecule has 0 aliphatic heterocycles. The fourth-order valence-electron chi connectivity index (χ4n) is 3.65. The van der Waals surface area contributed by atoms with E-state index in [2.05, 4.69) is 10.0 Å². The van der Waals surface area contributed by atoms with Gasteiger partial charge in [0.15, 0.2) is 0 Å². The minimum atomic E-state index is -3.64. The molecule has 6 heteroatoms. The number of nitrogens with one attached hydrogen (secondary N) is 2. The molecule has 0 bridgehead atoms. The van der Waals surface area contributed by atoms with Crippen molar-refractivity contribution in [3.05, 3.63) is 29.3 Å². The molecule has 1 aromatic rings. The number of sulfonamides is 1. The molecule has 132 valence electrons. The van der Waals surface area contributed by atoms with Crippen molar-refractivity contribution in [1.82, 2.24) is 10.0 Å². The normalized spacial score (nSPS) is 18.8. The van der Waals surface area contributed by atoms with Crippen LogP contribution in [0.3, 0.4) is 0 Å². The summed E-state index contributed by atoms with van der Waals surface area (Å²) in [5.41, 5.74) is 2.37. The van der Waals surface area contributed by atoms with Crippen LogP contribution in [0.25, 0.3) is 0 Å². The summed E-state index contributed by atoms with van der Waals surface area (Å²) in [7, 11) is -3.64. The first-order valence-electron chi connectivity index (χ1n) is 8.95. The Kier molecular flexibility index (Phi) is 5.56. The van der Waals surface area contributed by atoms with Crippen molar-refractivity contribution in [1.29, 1.82) is 0 Å². The SMILES string of the molecule is O=C(CNS(=O)(=O)c1ccc2c(c1)CCCC2)NC1CCCCC1. The van der Waals surface area contributed by atoms with Gasteiger partial charge in [-0.3, -0.25) is 4.79 Å². The molecule has 0 aromatic heterocycles. The highest BCUT2D eigenvalue weighted by atomic mass is 32.2. The van der Waals surface area contributed by atoms with E-state index in [0.29, 0.717) is 0 Å². The molecule has 5 nitrogen and oxygen atoms in total. The van der Waals surface area contributed by atoms with Crippen molar-refractivity contribution >= 4 is 15.9 Å². The van der Waals surface area contributed by atoms with Crippen LogP contribution < -0.4 is 10.0 Å². The van der Waals surface area contributed by atoms with Crippen LogP contribution in [0, 0.1) is 0 Å². The smallest absolute Gasteiger partial charge is 0.241 e. The van der Waals surface area contributed by atoms with Gasteiger partial charge in [-0.05, 0) is 61.8 Å². The van der Waals surface area contributed by atoms with Crippen molar-refractivity contribution in [3.8, 4) is 0 Å². The Labute approximate surface area is 144 Å². The van der Waals surface area contributed by atoms with Crippen LogP contribution in [0.2, 0.25) is 0 Å². The zero-order valence-corrected chi connectivity index (χ0v) is 14.8. The van der Waals surface area contributed by atoms with Crippen LogP contribution in [0.1, 0.15) is 56.1 Å². The van der Waals surface area contributed by atoms with E-state index in [9.17, 15) is 13.2 Å². The Morgan fingerprint density at radius 2 is 1.71 bits per heavy atom. The van der Waals surface area contributed by atoms with E-state index in [1.807, 2.05) is 6.07 Å². The lowest BCUT2D eigenvalue weighted by molar-refractivity contribution is -0.120. The topological polar surface area (TPSA) is 75.3 Å². The van der Waals surface area contributed by atoms with E-state index < -0.39 is 10.0 Å². The second-order valence-corrected chi connectivity index (χ2v) is 8.63. The fourth-order valence-corrected chi connectivity index (χ4v) is 4.68. The third-order valence-electron chi connectivity index (χ3n) is 5.02. The lowest BCUT2D eigenvalue weighted by Crippen LogP contribution is -2.42. The summed E-state index contributed by atoms with van der Waals surface area (Å²) in [6.45, 7) is -0.198. The Hall–Kier alpha value is -1.40. The summed E-state index contributed by atoms with van der Waals surface area (Å²) in [6, 6.07) is 5.51. The van der Waals surface area contributed by atoms with E-state index in [0.717, 1.165) is 50.5 Å². The summed E-state index contributed by atoms with van der Waals surface area (Å²) in [5, 5.41) is 2.93. The van der Waals surface area contributed by atoms with Gasteiger partial charge in [0.25, 0.3) is 0 Å². The molecule has 2 N–H and O–H groups in total. The molecule has 2 aliphatic carbocycles. The monoisotopic (exact) mass is 350 g/mol. The molecular formula is C18H26N2O3S. The first kappa shape index (κ1) is 17.4. The van der Waals surface area contributed by atoms with Crippen molar-refractivity contribution in [2.45, 2.75) is 68.7 Å². The highest BCUT2D eigenvalue weighted by molar-refractivity contribution is 7.89. The summed E-state index contributed by atoms with van der Waals surface area (Å²) in [5.74, 6) is -0.247. The maximum Gasteiger partial charge on any atom is 0.241 e. The number of rotatable bonds is 5. The van der Waals surface area contributed by atoms with E-state index in [1.54, 1.807) is 12.1 Å². The number of benzene rings is 1. The Bertz CT molecular complexity index is 694. The van der Waals surface area contributed by atoms with Gasteiger partial charge in [0.05, 0.1) is 11.4 Å². The molecule has 0 saturated heterocycles. The van der Waals surface area contributed by atoms with Crippen molar-refractivity contribution in [2.24, 2.45) is 0 Å². The van der Waals surface area contributed by atoms with Gasteiger partial charge in [-0.2, -0.15) is 0 Å². The molecule has 0 heterocycles. The Morgan fingerprint density at radius 1 is 1.00 bits per heavy atom. The van der Waals surface area contributed by atoms with Gasteiger partial charge in [-0.25, -0.2) is 13.1 Å². The highest BCUT2D eigenvalue weighted by Crippen LogP contribution is 2.24. The molecule has 3 rings (SSSR count). The van der Waals surface area contributed by atoms with Gasteiger partial charge in [0.2, 0.25) is 15.9 Å². The van der Waals surface area contributed by atoms with Crippen molar-refractivity contribution in [3.63, 3.8) is 0 Å². The second-order valence-electron chi connectivity index (χ2n) is 6.86. The third kappa shape index (κ3) is 4.36. The van der Waals surface area contributed by atoms with E-state index >= 15 is 0 Å². The zero-order chi connectivity index (χ0) is 17.0. The molecule has 2 aliphatic rings. The molecule has 0 atom stereocenters. The van der Waals surface area contributed by atoms with E-state index in [1.165, 1.54) is 18.4 Å². The summed E-state index contributed by atoms with van der Waals surface area (Å²) < 4.78 is 27.3. The van der Waals surface area contributed by atoms with E-state index in [4.69, 9.17) is 0 Å². The number of fused-ring (bicyclic) bond motifs is 1. The lowest BCUT2D eigenvalue weighted by Gasteiger charge is -2.22. The summed E-state index contributed by atoms with van der Waals surface area (Å²) in [4.78, 5) is 12.2. The number of hydrogen-bond acceptors (Lipinski definition) is 3. The van der Waals surface area contributed by atoms with Crippen LogP contribution in [-0.4, -0.2) is 26.9 Å². The van der Waals surface area contributed by atoms with Crippen LogP contribution >= 0.6 is 0 Å². The first-order chi connectivity index (χ1) is 11.5. The van der Waals surface area contributed by atoms with Crippen LogP contribution in [-0.2, 0) is 27.7 Å². The molecule has 0 radical (unpaired) electrons. The van der Waals surface area contributed by atoms with Crippen LogP contribution in [0.15, 0.2) is 23.1 Å². The Balaban J connectivity index is 1.58. The molecule has 1 aromatic carbocycles. The van der Waals surface area contributed by atoms with E-state index in [-0.39, 0.29) is 23.4 Å². The first-order valence-corrected chi connectivity index (χ1v) is 10.4. The third-order valence-corrected chi connectivity index (χ3v) is 6.42. The average molecular weight is 350 g/mol. The number of hydrogen-bond donors (Lipinski definition) is 2. The Morgan fingerprint density at radius 3 is 2.46 bits per heavy atom. The molecule has 1 fully saturated rings. The molecule has 0 unspecified atom stereocenters. The van der Waals surface area contributed by atoms with Gasteiger partial charge >= 0.3 is 0 Å². The predicted molar refractivity (Wildman–Crippen MR) is 93.3 cm³/mol. The van der Waals surface area contributed by atoms with Gasteiger partial charge in [0, 0.05) is 6.04 Å². The quantitative estimate of drug-likeness (QED) is 0.855. The van der Waals surface area contributed by atoms with Gasteiger partial charge in [-0.1, -0.05) is 25.3 Å². The van der Waals surface area contributed by atoms with Crippen LogP contribution in [0.5, 0.6) is 0 Å². The molecule has 0 spiro atoms. The zero-order valence-electron chi connectivity index (χ0n) is 14.0. The summed E-state index contributed by atoms with van der Waals surface area (Å²) in [6.07, 6.45) is 9.68. The van der Waals surface area contributed by atoms with Crippen molar-refractivity contribution in [2.75, 3.05) is 6.54 Å². The van der Waals surface area contributed by atoms with Gasteiger partial charge in [0.1, 0.15) is 0 Å². The van der Waals surface area contributed by atoms with Gasteiger partial charge < -0.3 is 5.32 Å². The maximum absolute atomic E-state index is 12.4. The number of carbonyl (C=O) groups is 1. The molecular weight excluding hydrogens is 324 g/mol. The minimum absolute atomic E-state index is 0.194. The van der Waals surface area contributed by atoms with Crippen molar-refractivity contribution < 1.29 is 13.2 Å². The number of amides is 1. The largest absolute Gasteiger partial charge is 0.352 e. The highest BCUT2D eigenvalue weighted by Gasteiger charge is 2.20. The van der Waals surface area contributed by atoms with Crippen LogP contribution in [0.4, 0.5) is 0 Å². The molecule has 1 amide bonds. The second kappa shape index (κ2) is 7.66. The predicted octanol–water partition coefficient (Wildman–Crippen LogP) is 2.29. The number of aryl methyl sites for hydroxylation is 2. The number of carbonyl (C=O) groups excluding carboxylic acids is 1. The maximum atomic E-state index is 12.4. The molecule has 24 heavy (non-hydrogen) atoms. The average Bonchev–Trinajstić information content (AvgIpc) is 2.60. The fraction of sp³-hybridized carbons (Fsp3) is 0.611.